The molecule has 0 saturated heterocycles. The highest BCUT2D eigenvalue weighted by Gasteiger charge is 2.17. The van der Waals surface area contributed by atoms with Gasteiger partial charge in [-0.1, -0.05) is 0 Å². The molecule has 1 aromatic heterocycles. The molecule has 0 aliphatic heterocycles. The fraction of sp³-hybridized carbons (Fsp3) is 0. The van der Waals surface area contributed by atoms with Gasteiger partial charge in [0.2, 0.25) is 0 Å². The fourth-order valence-corrected chi connectivity index (χ4v) is 2.60. The molecule has 96 valence electrons. The number of pyridine rings is 1. The molecule has 0 aliphatic rings. The Morgan fingerprint density at radius 3 is 2.47 bits per heavy atom. The van der Waals surface area contributed by atoms with Gasteiger partial charge in [0.25, 0.3) is 10.0 Å². The third-order valence-electron chi connectivity index (χ3n) is 2.36. The summed E-state index contributed by atoms with van der Waals surface area (Å²) < 4.78 is 26.5. The molecule has 0 unspecified atom stereocenters. The lowest BCUT2D eigenvalue weighted by Crippen LogP contribution is -2.15. The molecule has 7 heteroatoms. The summed E-state index contributed by atoms with van der Waals surface area (Å²) in [6.45, 7) is 0. The van der Waals surface area contributed by atoms with Crippen molar-refractivity contribution in [2.24, 2.45) is 0 Å². The predicted molar refractivity (Wildman–Crippen MR) is 70.6 cm³/mol. The lowest BCUT2D eigenvalue weighted by molar-refractivity contribution is 0.601. The maximum absolute atomic E-state index is 12.1. The summed E-state index contributed by atoms with van der Waals surface area (Å²) in [6, 6.07) is 10.9. The number of benzene rings is 1. The van der Waals surface area contributed by atoms with E-state index in [9.17, 15) is 8.42 Å². The minimum Gasteiger partial charge on any atom is -0.383 e. The van der Waals surface area contributed by atoms with Crippen molar-refractivity contribution in [2.45, 2.75) is 4.90 Å². The van der Waals surface area contributed by atoms with Crippen molar-refractivity contribution in [3.05, 3.63) is 48.2 Å². The SMILES string of the molecule is N#Cc1ccc(NS(=O)(=O)c2cccnc2N)cc1. The van der Waals surface area contributed by atoms with Gasteiger partial charge in [0, 0.05) is 11.9 Å². The van der Waals surface area contributed by atoms with Crippen LogP contribution >= 0.6 is 0 Å². The Labute approximate surface area is 110 Å². The number of nitrogens with one attached hydrogen (secondary N) is 1. The highest BCUT2D eigenvalue weighted by Crippen LogP contribution is 2.19. The van der Waals surface area contributed by atoms with Crippen LogP contribution in [-0.2, 0) is 10.0 Å². The minimum atomic E-state index is -3.78. The van der Waals surface area contributed by atoms with Gasteiger partial charge in [-0.25, -0.2) is 13.4 Å². The molecule has 0 saturated carbocycles. The Bertz CT molecular complexity index is 733. The van der Waals surface area contributed by atoms with Crippen LogP contribution in [0.25, 0.3) is 0 Å². The van der Waals surface area contributed by atoms with Gasteiger partial charge in [0.1, 0.15) is 10.7 Å². The van der Waals surface area contributed by atoms with Gasteiger partial charge in [-0.2, -0.15) is 5.26 Å². The molecule has 0 fully saturated rings. The highest BCUT2D eigenvalue weighted by atomic mass is 32.2. The first-order valence-corrected chi connectivity index (χ1v) is 6.75. The van der Waals surface area contributed by atoms with Gasteiger partial charge in [-0.3, -0.25) is 4.72 Å². The predicted octanol–water partition coefficient (Wildman–Crippen LogP) is 1.34. The Morgan fingerprint density at radius 2 is 1.89 bits per heavy atom. The van der Waals surface area contributed by atoms with E-state index in [0.717, 1.165) is 0 Å². The largest absolute Gasteiger partial charge is 0.383 e. The Morgan fingerprint density at radius 1 is 1.21 bits per heavy atom. The summed E-state index contributed by atoms with van der Waals surface area (Å²) >= 11 is 0. The van der Waals surface area contributed by atoms with Crippen LogP contribution in [0.15, 0.2) is 47.5 Å². The van der Waals surface area contributed by atoms with Gasteiger partial charge in [-0.05, 0) is 36.4 Å². The van der Waals surface area contributed by atoms with Gasteiger partial charge >= 0.3 is 0 Å². The molecule has 0 bridgehead atoms. The number of hydrogen-bond donors (Lipinski definition) is 2. The number of aromatic nitrogens is 1. The lowest BCUT2D eigenvalue weighted by Gasteiger charge is -2.09. The normalized spacial score (nSPS) is 10.7. The second kappa shape index (κ2) is 4.96. The monoisotopic (exact) mass is 274 g/mol. The van der Waals surface area contributed by atoms with Crippen molar-refractivity contribution in [3.63, 3.8) is 0 Å². The zero-order valence-corrected chi connectivity index (χ0v) is 10.6. The zero-order valence-electron chi connectivity index (χ0n) is 9.74. The van der Waals surface area contributed by atoms with E-state index >= 15 is 0 Å². The Balaban J connectivity index is 2.32. The third kappa shape index (κ3) is 2.81. The van der Waals surface area contributed by atoms with E-state index in [4.69, 9.17) is 11.0 Å². The number of sulfonamides is 1. The number of hydrogen-bond acceptors (Lipinski definition) is 5. The smallest absolute Gasteiger partial charge is 0.265 e. The molecule has 0 aliphatic carbocycles. The van der Waals surface area contributed by atoms with Crippen LogP contribution in [0, 0.1) is 11.3 Å². The number of nitrogens with two attached hydrogens (primary N) is 1. The quantitative estimate of drug-likeness (QED) is 0.877. The minimum absolute atomic E-state index is 0.0661. The molecule has 19 heavy (non-hydrogen) atoms. The van der Waals surface area contributed by atoms with Crippen LogP contribution in [0.4, 0.5) is 11.5 Å². The van der Waals surface area contributed by atoms with Crippen LogP contribution in [0.2, 0.25) is 0 Å². The van der Waals surface area contributed by atoms with Crippen LogP contribution in [0.3, 0.4) is 0 Å². The van der Waals surface area contributed by atoms with E-state index in [2.05, 4.69) is 9.71 Å². The molecule has 0 spiro atoms. The number of anilines is 2. The highest BCUT2D eigenvalue weighted by molar-refractivity contribution is 7.92. The average Bonchev–Trinajstić information content (AvgIpc) is 2.39. The number of nitrogens with zero attached hydrogens (tertiary/aromatic N) is 2. The van der Waals surface area contributed by atoms with E-state index in [1.165, 1.54) is 42.6 Å². The zero-order chi connectivity index (χ0) is 13.9. The van der Waals surface area contributed by atoms with Gasteiger partial charge in [-0.15, -0.1) is 0 Å². The summed E-state index contributed by atoms with van der Waals surface area (Å²) in [5, 5.41) is 8.66. The van der Waals surface area contributed by atoms with E-state index in [0.29, 0.717) is 11.3 Å². The molecule has 0 atom stereocenters. The van der Waals surface area contributed by atoms with Crippen molar-refractivity contribution in [1.29, 1.82) is 5.26 Å². The topological polar surface area (TPSA) is 109 Å². The summed E-state index contributed by atoms with van der Waals surface area (Å²) in [6.07, 6.45) is 1.41. The molecule has 1 heterocycles. The van der Waals surface area contributed by atoms with E-state index < -0.39 is 10.0 Å². The summed E-state index contributed by atoms with van der Waals surface area (Å²) in [7, 11) is -3.78. The van der Waals surface area contributed by atoms with E-state index in [1.807, 2.05) is 6.07 Å². The van der Waals surface area contributed by atoms with Crippen molar-refractivity contribution >= 4 is 21.5 Å². The lowest BCUT2D eigenvalue weighted by atomic mass is 10.2. The number of nitriles is 1. The number of rotatable bonds is 3. The van der Waals surface area contributed by atoms with Crippen molar-refractivity contribution < 1.29 is 8.42 Å². The third-order valence-corrected chi connectivity index (χ3v) is 3.78. The first kappa shape index (κ1) is 12.9. The van der Waals surface area contributed by atoms with Crippen molar-refractivity contribution in [2.75, 3.05) is 10.5 Å². The molecule has 0 amide bonds. The van der Waals surface area contributed by atoms with Crippen molar-refractivity contribution in [1.82, 2.24) is 4.98 Å². The van der Waals surface area contributed by atoms with Crippen LogP contribution in [-0.4, -0.2) is 13.4 Å². The van der Waals surface area contributed by atoms with Gasteiger partial charge in [0.05, 0.1) is 11.6 Å². The molecule has 2 rings (SSSR count). The maximum Gasteiger partial charge on any atom is 0.265 e. The Kier molecular flexibility index (Phi) is 3.35. The summed E-state index contributed by atoms with van der Waals surface area (Å²) in [5.41, 5.74) is 6.33. The van der Waals surface area contributed by atoms with Gasteiger partial charge in [0.15, 0.2) is 0 Å². The molecule has 0 radical (unpaired) electrons. The molecular weight excluding hydrogens is 264 g/mol. The van der Waals surface area contributed by atoms with Crippen LogP contribution in [0.5, 0.6) is 0 Å². The van der Waals surface area contributed by atoms with E-state index in [1.54, 1.807) is 0 Å². The van der Waals surface area contributed by atoms with Crippen LogP contribution < -0.4 is 10.5 Å². The average molecular weight is 274 g/mol. The van der Waals surface area contributed by atoms with E-state index in [-0.39, 0.29) is 10.7 Å². The first-order chi connectivity index (χ1) is 9.03. The molecule has 3 N–H and O–H groups in total. The summed E-state index contributed by atoms with van der Waals surface area (Å²) in [5.74, 6) is -0.0661. The standard InChI is InChI=1S/C12H10N4O2S/c13-8-9-3-5-10(6-4-9)16-19(17,18)11-2-1-7-15-12(11)14/h1-7,16H,(H2,14,15). The Hall–Kier alpha value is -2.59. The maximum atomic E-state index is 12.1. The molecule has 1 aromatic carbocycles. The second-order valence-electron chi connectivity index (χ2n) is 3.68. The molecular formula is C12H10N4O2S. The van der Waals surface area contributed by atoms with Crippen LogP contribution in [0.1, 0.15) is 5.56 Å². The number of nitrogen functional groups attached to an aromatic ring is 1. The first-order valence-electron chi connectivity index (χ1n) is 5.26. The second-order valence-corrected chi connectivity index (χ2v) is 5.33. The molecule has 2 aromatic rings. The summed E-state index contributed by atoms with van der Waals surface area (Å²) in [4.78, 5) is 3.65. The molecule has 6 nitrogen and oxygen atoms in total. The fourth-order valence-electron chi connectivity index (χ4n) is 1.45. The van der Waals surface area contributed by atoms with Gasteiger partial charge < -0.3 is 5.73 Å². The van der Waals surface area contributed by atoms with Crippen molar-refractivity contribution in [3.8, 4) is 6.07 Å².